The summed E-state index contributed by atoms with van der Waals surface area (Å²) in [7, 11) is 0. The number of ether oxygens (including phenoxy) is 2. The van der Waals surface area contributed by atoms with Gasteiger partial charge in [-0.3, -0.25) is 9.59 Å². The number of halogens is 1. The molecule has 0 saturated carbocycles. The molecule has 3 atom stereocenters. The lowest BCUT2D eigenvalue weighted by Crippen LogP contribution is -2.52. The van der Waals surface area contributed by atoms with Gasteiger partial charge in [-0.2, -0.15) is 0 Å². The number of fused-ring (bicyclic) bond motifs is 5. The van der Waals surface area contributed by atoms with Gasteiger partial charge in [-0.25, -0.2) is 14.2 Å². The molecule has 3 aromatic rings. The molecule has 2 aromatic heterocycles. The quantitative estimate of drug-likeness (QED) is 0.323. The molecule has 0 spiro atoms. The lowest BCUT2D eigenvalue weighted by atomic mass is 9.79. The number of cyclic esters (lactones) is 1. The molecule has 7 rings (SSSR count). The number of morpholine rings is 1. The van der Waals surface area contributed by atoms with Gasteiger partial charge in [0.15, 0.2) is 5.60 Å². The van der Waals surface area contributed by atoms with E-state index in [0.717, 1.165) is 22.1 Å². The maximum absolute atomic E-state index is 15.1. The van der Waals surface area contributed by atoms with Crippen LogP contribution in [0.25, 0.3) is 22.3 Å². The lowest BCUT2D eigenvalue weighted by Gasteiger charge is -2.35. The number of aromatic nitrogens is 2. The van der Waals surface area contributed by atoms with Gasteiger partial charge in [0.2, 0.25) is 5.91 Å². The van der Waals surface area contributed by atoms with E-state index in [1.165, 1.54) is 6.07 Å². The maximum Gasteiger partial charge on any atom is 0.343 e. The highest BCUT2D eigenvalue weighted by Crippen LogP contribution is 2.46. The van der Waals surface area contributed by atoms with Crippen LogP contribution >= 0.6 is 0 Å². The maximum atomic E-state index is 15.1. The normalized spacial score (nSPS) is 24.6. The summed E-state index contributed by atoms with van der Waals surface area (Å²) in [5, 5.41) is 18.6. The third-order valence-electron chi connectivity index (χ3n) is 9.20. The Labute approximate surface area is 234 Å². The molecule has 41 heavy (non-hydrogen) atoms. The average molecular weight is 563 g/mol. The monoisotopic (exact) mass is 562 g/mol. The number of esters is 1. The Bertz CT molecular complexity index is 1730. The number of nitrogens with zero attached hydrogens (tertiary/aromatic N) is 2. The smallest absolute Gasteiger partial charge is 0.343 e. The number of hydrogen-bond acceptors (Lipinski definition) is 8. The molecule has 4 aliphatic rings. The highest BCUT2D eigenvalue weighted by atomic mass is 19.1. The van der Waals surface area contributed by atoms with E-state index in [4.69, 9.17) is 14.5 Å². The van der Waals surface area contributed by atoms with E-state index in [-0.39, 0.29) is 54.2 Å². The lowest BCUT2D eigenvalue weighted by molar-refractivity contribution is -0.177. The highest BCUT2D eigenvalue weighted by molar-refractivity contribution is 5.94. The van der Waals surface area contributed by atoms with E-state index in [0.29, 0.717) is 48.5 Å². The molecule has 1 aliphatic carbocycles. The van der Waals surface area contributed by atoms with E-state index in [1.54, 1.807) is 31.4 Å². The number of aliphatic hydroxyl groups is 1. The zero-order valence-electron chi connectivity index (χ0n) is 23.1. The van der Waals surface area contributed by atoms with Crippen LogP contribution in [-0.4, -0.2) is 52.3 Å². The molecule has 1 amide bonds. The Morgan fingerprint density at radius 1 is 1.27 bits per heavy atom. The van der Waals surface area contributed by atoms with Crippen molar-refractivity contribution in [2.24, 2.45) is 5.92 Å². The Morgan fingerprint density at radius 3 is 2.80 bits per heavy atom. The predicted octanol–water partition coefficient (Wildman–Crippen LogP) is 1.87. The second-order valence-corrected chi connectivity index (χ2v) is 11.7. The first kappa shape index (κ1) is 26.2. The third-order valence-corrected chi connectivity index (χ3v) is 9.20. The molecular weight excluding hydrogens is 531 g/mol. The Hall–Kier alpha value is -3.67. The van der Waals surface area contributed by atoms with Crippen molar-refractivity contribution >= 4 is 22.8 Å². The fourth-order valence-electron chi connectivity index (χ4n) is 6.88. The molecule has 0 radical (unpaired) electrons. The number of rotatable bonds is 3. The predicted molar refractivity (Wildman–Crippen MR) is 146 cm³/mol. The van der Waals surface area contributed by atoms with Crippen molar-refractivity contribution < 1.29 is 28.6 Å². The van der Waals surface area contributed by atoms with Crippen molar-refractivity contribution in [3.63, 3.8) is 0 Å². The second-order valence-electron chi connectivity index (χ2n) is 11.7. The molecule has 3 aliphatic heterocycles. The standard InChI is InChI=1S/C30H31FN4O6/c1-13(2)30(39)18-8-23-26-16(10-35(23)28(37)17(18)11-41-29(30)38)25-20(34-27(36)22-12-40-7-6-32-22)5-4-15-14(3)19(31)9-21(33-26)24(15)25/h8-9,13,20,22,32,39H,4-7,10-12H2,1-3H3,(H,34,36)/t20-,22?,30-/m1/s1. The first-order valence-electron chi connectivity index (χ1n) is 14.0. The third kappa shape index (κ3) is 3.65. The van der Waals surface area contributed by atoms with Gasteiger partial charge < -0.3 is 29.8 Å². The molecule has 1 saturated heterocycles. The van der Waals surface area contributed by atoms with Crippen molar-refractivity contribution in [3.8, 4) is 11.4 Å². The molecular formula is C30H31FN4O6. The fourth-order valence-corrected chi connectivity index (χ4v) is 6.88. The summed E-state index contributed by atoms with van der Waals surface area (Å²) in [6, 6.07) is 2.18. The number of aryl methyl sites for hydroxylation is 1. The second kappa shape index (κ2) is 9.17. The van der Waals surface area contributed by atoms with Gasteiger partial charge in [-0.1, -0.05) is 13.8 Å². The van der Waals surface area contributed by atoms with Crippen molar-refractivity contribution in [2.75, 3.05) is 19.8 Å². The number of carbonyl (C=O) groups excluding carboxylic acids is 2. The molecule has 1 aromatic carbocycles. The fraction of sp³-hybridized carbons (Fsp3) is 0.467. The molecule has 11 heteroatoms. The number of pyridine rings is 2. The summed E-state index contributed by atoms with van der Waals surface area (Å²) in [6.45, 7) is 6.49. The molecule has 3 N–H and O–H groups in total. The number of nitrogens with one attached hydrogen (secondary N) is 2. The topological polar surface area (TPSA) is 132 Å². The van der Waals surface area contributed by atoms with Crippen LogP contribution in [-0.2, 0) is 44.2 Å². The van der Waals surface area contributed by atoms with Gasteiger partial charge in [0.05, 0.1) is 48.3 Å². The summed E-state index contributed by atoms with van der Waals surface area (Å²) < 4.78 is 27.4. The van der Waals surface area contributed by atoms with Gasteiger partial charge in [0, 0.05) is 29.1 Å². The number of amides is 1. The molecule has 1 unspecified atom stereocenters. The van der Waals surface area contributed by atoms with E-state index < -0.39 is 23.5 Å². The Balaban J connectivity index is 1.44. The van der Waals surface area contributed by atoms with Crippen LogP contribution in [0, 0.1) is 18.7 Å². The van der Waals surface area contributed by atoms with E-state index in [9.17, 15) is 19.5 Å². The minimum Gasteiger partial charge on any atom is -0.458 e. The molecule has 10 nitrogen and oxygen atoms in total. The summed E-state index contributed by atoms with van der Waals surface area (Å²) in [6.07, 6.45) is 1.12. The molecule has 1 fully saturated rings. The first-order valence-corrected chi connectivity index (χ1v) is 14.0. The van der Waals surface area contributed by atoms with E-state index in [1.807, 2.05) is 0 Å². The Kier molecular flexibility index (Phi) is 5.87. The number of benzene rings is 1. The molecule has 0 bridgehead atoms. The van der Waals surface area contributed by atoms with Gasteiger partial charge in [0.1, 0.15) is 18.5 Å². The van der Waals surface area contributed by atoms with E-state index in [2.05, 4.69) is 10.6 Å². The summed E-state index contributed by atoms with van der Waals surface area (Å²) in [4.78, 5) is 44.7. The van der Waals surface area contributed by atoms with Gasteiger partial charge in [-0.05, 0) is 48.4 Å². The average Bonchev–Trinajstić information content (AvgIpc) is 3.33. The van der Waals surface area contributed by atoms with Crippen LogP contribution in [0.2, 0.25) is 0 Å². The number of carbonyl (C=O) groups is 2. The highest BCUT2D eigenvalue weighted by Gasteiger charge is 2.49. The first-order chi connectivity index (χ1) is 19.6. The minimum atomic E-state index is -1.99. The largest absolute Gasteiger partial charge is 0.458 e. The van der Waals surface area contributed by atoms with Crippen molar-refractivity contribution in [1.29, 1.82) is 0 Å². The Morgan fingerprint density at radius 2 is 2.07 bits per heavy atom. The SMILES string of the molecule is Cc1c(F)cc2nc3c(c4c2c1CC[C@H]4NC(=O)C1COCCN1)Cn1c-3cc2c(c1=O)COC(=O)[C@@]2(O)C(C)C. The minimum absolute atomic E-state index is 0.184. The summed E-state index contributed by atoms with van der Waals surface area (Å²) in [5.74, 6) is -1.90. The van der Waals surface area contributed by atoms with Crippen LogP contribution in [0.1, 0.15) is 59.7 Å². The van der Waals surface area contributed by atoms with Gasteiger partial charge >= 0.3 is 5.97 Å². The van der Waals surface area contributed by atoms with E-state index >= 15 is 4.39 Å². The van der Waals surface area contributed by atoms with Crippen molar-refractivity contribution in [1.82, 2.24) is 20.2 Å². The van der Waals surface area contributed by atoms with Crippen LogP contribution in [0.4, 0.5) is 4.39 Å². The summed E-state index contributed by atoms with van der Waals surface area (Å²) in [5.41, 5.74) is 2.43. The van der Waals surface area contributed by atoms with Gasteiger partial charge in [-0.15, -0.1) is 0 Å². The van der Waals surface area contributed by atoms with Crippen LogP contribution in [0.5, 0.6) is 0 Å². The zero-order valence-corrected chi connectivity index (χ0v) is 23.1. The summed E-state index contributed by atoms with van der Waals surface area (Å²) >= 11 is 0. The van der Waals surface area contributed by atoms with Crippen molar-refractivity contribution in [3.05, 3.63) is 61.7 Å². The van der Waals surface area contributed by atoms with Crippen LogP contribution in [0.15, 0.2) is 16.9 Å². The van der Waals surface area contributed by atoms with Crippen LogP contribution in [0.3, 0.4) is 0 Å². The number of hydrogen-bond donors (Lipinski definition) is 3. The molecule has 214 valence electrons. The van der Waals surface area contributed by atoms with Crippen molar-refractivity contribution in [2.45, 2.75) is 64.4 Å². The van der Waals surface area contributed by atoms with Gasteiger partial charge in [0.25, 0.3) is 5.56 Å². The zero-order chi connectivity index (χ0) is 28.8. The molecule has 5 heterocycles. The van der Waals surface area contributed by atoms with Crippen LogP contribution < -0.4 is 16.2 Å².